The van der Waals surface area contributed by atoms with Crippen LogP contribution >= 0.6 is 0 Å². The smallest absolute Gasteiger partial charge is 0.330 e. The van der Waals surface area contributed by atoms with Crippen LogP contribution in [-0.2, 0) is 23.8 Å². The summed E-state index contributed by atoms with van der Waals surface area (Å²) in [5, 5.41) is 0. The number of alkyl halides is 1. The van der Waals surface area contributed by atoms with Gasteiger partial charge in [0.15, 0.2) is 18.4 Å². The van der Waals surface area contributed by atoms with E-state index in [0.29, 0.717) is 0 Å². The molecule has 2 heterocycles. The van der Waals surface area contributed by atoms with Crippen molar-refractivity contribution in [3.63, 3.8) is 0 Å². The van der Waals surface area contributed by atoms with Crippen molar-refractivity contribution in [2.45, 2.75) is 38.4 Å². The van der Waals surface area contributed by atoms with E-state index in [4.69, 9.17) is 14.2 Å². The van der Waals surface area contributed by atoms with E-state index in [1.54, 1.807) is 0 Å². The van der Waals surface area contributed by atoms with Crippen LogP contribution in [0.4, 0.5) is 4.39 Å². The fourth-order valence-corrected chi connectivity index (χ4v) is 2.34. The number of rotatable bonds is 4. The van der Waals surface area contributed by atoms with Crippen molar-refractivity contribution in [3.8, 4) is 0 Å². The minimum Gasteiger partial charge on any atom is -0.455 e. The van der Waals surface area contributed by atoms with Gasteiger partial charge in [0.1, 0.15) is 12.8 Å². The van der Waals surface area contributed by atoms with Crippen molar-refractivity contribution < 1.29 is 28.2 Å². The average molecular weight is 330 g/mol. The molecule has 1 aliphatic rings. The normalized spacial score (nSPS) is 26.7. The van der Waals surface area contributed by atoms with E-state index >= 15 is 0 Å². The lowest BCUT2D eigenvalue weighted by Gasteiger charge is -2.23. The molecule has 0 spiro atoms. The number of nitrogens with one attached hydrogen (secondary N) is 1. The topological polar surface area (TPSA) is 117 Å². The number of nitrogens with zero attached hydrogens (tertiary/aromatic N) is 1. The molecule has 2 rings (SSSR count). The average Bonchev–Trinajstić information content (AvgIpc) is 2.76. The molecular weight excluding hydrogens is 315 g/mol. The molecule has 0 aromatic carbocycles. The standard InChI is InChI=1S/C13H15FN2O7/c1-6(17)21-10-8(5-14)23-12(11(10)22-7(2)18)16-4-3-9(19)15-13(16)20/h3-4,8,10-12H,5H2,1-2H3,(H,15,19,20). The largest absolute Gasteiger partial charge is 0.455 e. The van der Waals surface area contributed by atoms with Crippen LogP contribution in [0.15, 0.2) is 21.9 Å². The molecule has 9 nitrogen and oxygen atoms in total. The van der Waals surface area contributed by atoms with Gasteiger partial charge in [0, 0.05) is 26.1 Å². The molecular formula is C13H15FN2O7. The fraction of sp³-hybridized carbons (Fsp3) is 0.538. The van der Waals surface area contributed by atoms with Crippen LogP contribution in [0.3, 0.4) is 0 Å². The summed E-state index contributed by atoms with van der Waals surface area (Å²) in [5.74, 6) is -1.44. The van der Waals surface area contributed by atoms with Gasteiger partial charge in [0.25, 0.3) is 5.56 Å². The van der Waals surface area contributed by atoms with Crippen LogP contribution in [0, 0.1) is 0 Å². The summed E-state index contributed by atoms with van der Waals surface area (Å²) in [5.41, 5.74) is -1.47. The maximum atomic E-state index is 13.2. The van der Waals surface area contributed by atoms with Gasteiger partial charge in [-0.2, -0.15) is 0 Å². The summed E-state index contributed by atoms with van der Waals surface area (Å²) < 4.78 is 29.5. The number of aromatic amines is 1. The van der Waals surface area contributed by atoms with Gasteiger partial charge in [-0.1, -0.05) is 0 Å². The number of ether oxygens (including phenoxy) is 3. The molecule has 0 saturated carbocycles. The number of aromatic nitrogens is 2. The Labute approximate surface area is 129 Å². The first-order chi connectivity index (χ1) is 10.8. The predicted molar refractivity (Wildman–Crippen MR) is 72.3 cm³/mol. The molecule has 0 radical (unpaired) electrons. The Morgan fingerprint density at radius 1 is 1.26 bits per heavy atom. The summed E-state index contributed by atoms with van der Waals surface area (Å²) in [7, 11) is 0. The summed E-state index contributed by atoms with van der Waals surface area (Å²) in [6.45, 7) is 1.20. The summed E-state index contributed by atoms with van der Waals surface area (Å²) in [6, 6.07) is 1.05. The molecule has 1 aromatic rings. The summed E-state index contributed by atoms with van der Waals surface area (Å²) >= 11 is 0. The zero-order chi connectivity index (χ0) is 17.1. The van der Waals surface area contributed by atoms with Crippen molar-refractivity contribution in [1.29, 1.82) is 0 Å². The van der Waals surface area contributed by atoms with Gasteiger partial charge in [-0.25, -0.2) is 9.18 Å². The molecule has 4 atom stereocenters. The Bertz CT molecular complexity index is 713. The highest BCUT2D eigenvalue weighted by molar-refractivity contribution is 5.67. The molecule has 1 aromatic heterocycles. The van der Waals surface area contributed by atoms with Crippen molar-refractivity contribution in [2.75, 3.05) is 6.67 Å². The molecule has 1 fully saturated rings. The Hall–Kier alpha value is -2.49. The molecule has 0 aliphatic carbocycles. The highest BCUT2D eigenvalue weighted by Crippen LogP contribution is 2.33. The van der Waals surface area contributed by atoms with Gasteiger partial charge in [-0.15, -0.1) is 0 Å². The van der Waals surface area contributed by atoms with Crippen LogP contribution < -0.4 is 11.2 Å². The zero-order valence-electron chi connectivity index (χ0n) is 12.4. The van der Waals surface area contributed by atoms with Gasteiger partial charge in [-0.05, 0) is 0 Å². The highest BCUT2D eigenvalue weighted by Gasteiger charge is 2.50. The van der Waals surface area contributed by atoms with Gasteiger partial charge >= 0.3 is 17.6 Å². The Balaban J connectivity index is 2.43. The Morgan fingerprint density at radius 3 is 2.39 bits per heavy atom. The maximum Gasteiger partial charge on any atom is 0.330 e. The lowest BCUT2D eigenvalue weighted by atomic mass is 10.1. The van der Waals surface area contributed by atoms with E-state index in [9.17, 15) is 23.6 Å². The third-order valence-corrected chi connectivity index (χ3v) is 3.17. The van der Waals surface area contributed by atoms with Crippen molar-refractivity contribution >= 4 is 11.9 Å². The van der Waals surface area contributed by atoms with Crippen molar-refractivity contribution in [3.05, 3.63) is 33.1 Å². The lowest BCUT2D eigenvalue weighted by Crippen LogP contribution is -2.41. The molecule has 126 valence electrons. The minimum atomic E-state index is -1.24. The Kier molecular flexibility index (Phi) is 4.94. The molecule has 1 aliphatic heterocycles. The number of hydrogen-bond donors (Lipinski definition) is 1. The molecule has 10 heteroatoms. The van der Waals surface area contributed by atoms with Crippen LogP contribution in [0.5, 0.6) is 0 Å². The van der Waals surface area contributed by atoms with E-state index in [1.807, 2.05) is 4.98 Å². The van der Waals surface area contributed by atoms with Gasteiger partial charge < -0.3 is 14.2 Å². The van der Waals surface area contributed by atoms with E-state index in [1.165, 1.54) is 0 Å². The van der Waals surface area contributed by atoms with Crippen LogP contribution in [0.1, 0.15) is 20.1 Å². The highest BCUT2D eigenvalue weighted by atomic mass is 19.1. The second kappa shape index (κ2) is 6.73. The SMILES string of the molecule is CC(=O)OC1C(CF)OC(n2ccc(=O)[nH]c2=O)C1OC(C)=O. The predicted octanol–water partition coefficient (Wildman–Crippen LogP) is -0.733. The molecule has 4 unspecified atom stereocenters. The minimum absolute atomic E-state index is 0.633. The van der Waals surface area contributed by atoms with Crippen LogP contribution in [0.25, 0.3) is 0 Å². The number of halogens is 1. The molecule has 1 N–H and O–H groups in total. The van der Waals surface area contributed by atoms with Gasteiger partial charge in [0.2, 0.25) is 0 Å². The molecule has 23 heavy (non-hydrogen) atoms. The van der Waals surface area contributed by atoms with Crippen molar-refractivity contribution in [1.82, 2.24) is 9.55 Å². The lowest BCUT2D eigenvalue weighted by molar-refractivity contribution is -0.165. The van der Waals surface area contributed by atoms with Crippen LogP contribution in [0.2, 0.25) is 0 Å². The first-order valence-corrected chi connectivity index (χ1v) is 6.71. The van der Waals surface area contributed by atoms with Gasteiger partial charge in [0.05, 0.1) is 0 Å². The maximum absolute atomic E-state index is 13.2. The third-order valence-electron chi connectivity index (χ3n) is 3.17. The molecule has 1 saturated heterocycles. The second-order valence-electron chi connectivity index (χ2n) is 4.88. The van der Waals surface area contributed by atoms with E-state index in [-0.39, 0.29) is 0 Å². The summed E-state index contributed by atoms with van der Waals surface area (Å²) in [4.78, 5) is 47.5. The third kappa shape index (κ3) is 3.65. The molecule has 0 bridgehead atoms. The summed E-state index contributed by atoms with van der Waals surface area (Å²) in [6.07, 6.45) is -3.79. The number of carbonyl (C=O) groups is 2. The first-order valence-electron chi connectivity index (χ1n) is 6.71. The number of H-pyrrole nitrogens is 1. The second-order valence-corrected chi connectivity index (χ2v) is 4.88. The monoisotopic (exact) mass is 330 g/mol. The van der Waals surface area contributed by atoms with E-state index in [2.05, 4.69) is 0 Å². The van der Waals surface area contributed by atoms with E-state index < -0.39 is 54.4 Å². The van der Waals surface area contributed by atoms with E-state index in [0.717, 1.165) is 30.7 Å². The quantitative estimate of drug-likeness (QED) is 0.723. The number of carbonyl (C=O) groups excluding carboxylic acids is 2. The first kappa shape index (κ1) is 16.9. The molecule has 0 amide bonds. The fourth-order valence-electron chi connectivity index (χ4n) is 2.34. The van der Waals surface area contributed by atoms with Gasteiger partial charge in [-0.3, -0.25) is 23.9 Å². The number of hydrogen-bond acceptors (Lipinski definition) is 7. The Morgan fingerprint density at radius 2 is 1.87 bits per heavy atom. The van der Waals surface area contributed by atoms with Crippen molar-refractivity contribution in [2.24, 2.45) is 0 Å². The van der Waals surface area contributed by atoms with Crippen LogP contribution in [-0.4, -0.2) is 46.5 Å². The number of esters is 2. The zero-order valence-corrected chi connectivity index (χ0v) is 12.4.